The Hall–Kier alpha value is -3.30. The van der Waals surface area contributed by atoms with E-state index in [4.69, 9.17) is 4.74 Å². The normalized spacial score (nSPS) is 12.3. The number of benzene rings is 1. The Bertz CT molecular complexity index is 841. The monoisotopic (exact) mass is 451 g/mol. The molecule has 0 aromatic heterocycles. The van der Waals surface area contributed by atoms with E-state index >= 15 is 0 Å². The van der Waals surface area contributed by atoms with Gasteiger partial charge in [0.15, 0.2) is 0 Å². The highest BCUT2D eigenvalue weighted by molar-refractivity contribution is 5.92. The first-order chi connectivity index (χ1) is 14.7. The van der Waals surface area contributed by atoms with Gasteiger partial charge in [-0.3, -0.25) is 14.4 Å². The van der Waals surface area contributed by atoms with E-state index in [0.29, 0.717) is 0 Å². The Kier molecular flexibility index (Phi) is 9.05. The van der Waals surface area contributed by atoms with Crippen LogP contribution in [0.5, 0.6) is 5.75 Å². The first kappa shape index (κ1) is 26.7. The van der Waals surface area contributed by atoms with E-state index in [-0.39, 0.29) is 11.3 Å². The lowest BCUT2D eigenvalue weighted by atomic mass is 9.96. The number of carbonyl (C=O) groups excluding carboxylic acids is 4. The summed E-state index contributed by atoms with van der Waals surface area (Å²) >= 11 is 0. The summed E-state index contributed by atoms with van der Waals surface area (Å²) in [5.74, 6) is -2.16. The predicted octanol–water partition coefficient (Wildman–Crippen LogP) is 1.87. The molecule has 10 heteroatoms. The van der Waals surface area contributed by atoms with Crippen LogP contribution >= 0.6 is 0 Å². The van der Waals surface area contributed by atoms with Crippen LogP contribution in [-0.2, 0) is 23.9 Å². The van der Waals surface area contributed by atoms with Crippen molar-refractivity contribution < 1.29 is 33.8 Å². The molecule has 0 aliphatic rings. The van der Waals surface area contributed by atoms with E-state index in [2.05, 4.69) is 15.4 Å². The molecule has 1 aromatic rings. The first-order valence-electron chi connectivity index (χ1n) is 10.1. The standard InChI is InChI=1S/C22H33N3O7/c1-21(2,3)25(16(27)12-24-20(30)32-22(4,5)6)18(14-10-8-9-11-15(14)26)19(29)23-13-17(28)31-7/h8-11,18,26H,12-13H2,1-7H3,(H,23,29)(H,24,30). The maximum atomic E-state index is 13.2. The van der Waals surface area contributed by atoms with Crippen LogP contribution in [-0.4, -0.2) is 65.2 Å². The second-order valence-corrected chi connectivity index (χ2v) is 9.05. The first-order valence-corrected chi connectivity index (χ1v) is 10.1. The van der Waals surface area contributed by atoms with Crippen molar-refractivity contribution in [1.29, 1.82) is 0 Å². The van der Waals surface area contributed by atoms with Crippen LogP contribution in [0.25, 0.3) is 0 Å². The van der Waals surface area contributed by atoms with Crippen molar-refractivity contribution in [2.24, 2.45) is 0 Å². The van der Waals surface area contributed by atoms with Crippen molar-refractivity contribution >= 4 is 23.9 Å². The van der Waals surface area contributed by atoms with Crippen molar-refractivity contribution in [3.8, 4) is 5.75 Å². The number of para-hydroxylation sites is 1. The third-order valence-electron chi connectivity index (χ3n) is 4.15. The molecule has 0 saturated heterocycles. The number of carbonyl (C=O) groups is 4. The van der Waals surface area contributed by atoms with Gasteiger partial charge in [0.25, 0.3) is 0 Å². The summed E-state index contributed by atoms with van der Waals surface area (Å²) in [5.41, 5.74) is -1.49. The summed E-state index contributed by atoms with van der Waals surface area (Å²) in [7, 11) is 1.18. The average Bonchev–Trinajstić information content (AvgIpc) is 2.66. The number of phenols is 1. The van der Waals surface area contributed by atoms with E-state index < -0.39 is 54.1 Å². The van der Waals surface area contributed by atoms with Gasteiger partial charge in [-0.25, -0.2) is 4.79 Å². The lowest BCUT2D eigenvalue weighted by Gasteiger charge is -2.41. The second-order valence-electron chi connectivity index (χ2n) is 9.05. The number of nitrogens with zero attached hydrogens (tertiary/aromatic N) is 1. The number of ether oxygens (including phenoxy) is 2. The highest BCUT2D eigenvalue weighted by Gasteiger charge is 2.39. The van der Waals surface area contributed by atoms with Crippen molar-refractivity contribution in [3.63, 3.8) is 0 Å². The number of esters is 1. The molecule has 3 N–H and O–H groups in total. The summed E-state index contributed by atoms with van der Waals surface area (Å²) in [5, 5.41) is 15.2. The number of nitrogens with one attached hydrogen (secondary N) is 2. The topological polar surface area (TPSA) is 134 Å². The van der Waals surface area contributed by atoms with Gasteiger partial charge in [0, 0.05) is 11.1 Å². The van der Waals surface area contributed by atoms with Gasteiger partial charge in [-0.1, -0.05) is 18.2 Å². The Balaban J connectivity index is 3.28. The van der Waals surface area contributed by atoms with Crippen LogP contribution in [0.2, 0.25) is 0 Å². The predicted molar refractivity (Wildman–Crippen MR) is 117 cm³/mol. The van der Waals surface area contributed by atoms with Crippen molar-refractivity contribution in [1.82, 2.24) is 15.5 Å². The third kappa shape index (κ3) is 8.09. The fourth-order valence-corrected chi connectivity index (χ4v) is 2.90. The second kappa shape index (κ2) is 10.8. The number of alkyl carbamates (subject to hydrolysis) is 1. The number of hydrogen-bond acceptors (Lipinski definition) is 7. The molecule has 3 amide bonds. The Morgan fingerprint density at radius 1 is 1.00 bits per heavy atom. The van der Waals surface area contributed by atoms with Gasteiger partial charge in [0.05, 0.1) is 7.11 Å². The van der Waals surface area contributed by atoms with Gasteiger partial charge in [0.1, 0.15) is 30.5 Å². The SMILES string of the molecule is COC(=O)CNC(=O)C(c1ccccc1O)N(C(=O)CNC(=O)OC(C)(C)C)C(C)(C)C. The molecule has 1 atom stereocenters. The molecule has 0 spiro atoms. The molecule has 0 heterocycles. The van der Waals surface area contributed by atoms with Crippen LogP contribution < -0.4 is 10.6 Å². The summed E-state index contributed by atoms with van der Waals surface area (Å²) in [4.78, 5) is 51.0. The summed E-state index contributed by atoms with van der Waals surface area (Å²) < 4.78 is 9.70. The van der Waals surface area contributed by atoms with Gasteiger partial charge >= 0.3 is 12.1 Å². The molecule has 10 nitrogen and oxygen atoms in total. The van der Waals surface area contributed by atoms with Crippen molar-refractivity contribution in [2.75, 3.05) is 20.2 Å². The number of aromatic hydroxyl groups is 1. The van der Waals surface area contributed by atoms with Gasteiger partial charge in [-0.15, -0.1) is 0 Å². The number of rotatable bonds is 7. The lowest BCUT2D eigenvalue weighted by Crippen LogP contribution is -2.55. The van der Waals surface area contributed by atoms with E-state index in [1.165, 1.54) is 24.1 Å². The Morgan fingerprint density at radius 3 is 2.09 bits per heavy atom. The lowest BCUT2D eigenvalue weighted by molar-refractivity contribution is -0.147. The zero-order valence-electron chi connectivity index (χ0n) is 19.6. The zero-order chi connectivity index (χ0) is 24.7. The molecule has 0 aliphatic carbocycles. The van der Waals surface area contributed by atoms with E-state index in [1.807, 2.05) is 0 Å². The van der Waals surface area contributed by atoms with Crippen LogP contribution in [0.1, 0.15) is 53.1 Å². The molecule has 0 aliphatic heterocycles. The molecule has 178 valence electrons. The largest absolute Gasteiger partial charge is 0.508 e. The van der Waals surface area contributed by atoms with Gasteiger partial charge in [0.2, 0.25) is 11.8 Å². The average molecular weight is 452 g/mol. The number of methoxy groups -OCH3 is 1. The molecular weight excluding hydrogens is 418 g/mol. The van der Waals surface area contributed by atoms with Crippen molar-refractivity contribution in [3.05, 3.63) is 29.8 Å². The molecular formula is C22H33N3O7. The smallest absolute Gasteiger partial charge is 0.408 e. The number of hydrogen-bond donors (Lipinski definition) is 3. The van der Waals surface area contributed by atoms with Crippen LogP contribution in [0, 0.1) is 0 Å². The minimum Gasteiger partial charge on any atom is -0.508 e. The molecule has 0 bridgehead atoms. The minimum absolute atomic E-state index is 0.162. The molecule has 1 rings (SSSR count). The molecule has 0 radical (unpaired) electrons. The Morgan fingerprint density at radius 2 is 1.59 bits per heavy atom. The van der Waals surface area contributed by atoms with Gasteiger partial charge in [-0.2, -0.15) is 0 Å². The Labute approximate surface area is 188 Å². The maximum absolute atomic E-state index is 13.2. The number of amides is 3. The number of phenolic OH excluding ortho intramolecular Hbond substituents is 1. The molecule has 1 aromatic carbocycles. The maximum Gasteiger partial charge on any atom is 0.408 e. The highest BCUT2D eigenvalue weighted by Crippen LogP contribution is 2.33. The zero-order valence-corrected chi connectivity index (χ0v) is 19.6. The van der Waals surface area contributed by atoms with Crippen LogP contribution in [0.15, 0.2) is 24.3 Å². The fraction of sp³-hybridized carbons (Fsp3) is 0.545. The minimum atomic E-state index is -1.28. The van der Waals surface area contributed by atoms with E-state index in [9.17, 15) is 24.3 Å². The molecule has 0 saturated carbocycles. The van der Waals surface area contributed by atoms with E-state index in [1.54, 1.807) is 53.7 Å². The van der Waals surface area contributed by atoms with Crippen LogP contribution in [0.4, 0.5) is 4.79 Å². The molecule has 1 unspecified atom stereocenters. The molecule has 0 fully saturated rings. The van der Waals surface area contributed by atoms with Gasteiger partial charge in [-0.05, 0) is 47.6 Å². The summed E-state index contributed by atoms with van der Waals surface area (Å²) in [6, 6.07) is 4.80. The van der Waals surface area contributed by atoms with Crippen molar-refractivity contribution in [2.45, 2.75) is 58.7 Å². The highest BCUT2D eigenvalue weighted by atomic mass is 16.6. The fourth-order valence-electron chi connectivity index (χ4n) is 2.90. The molecule has 32 heavy (non-hydrogen) atoms. The third-order valence-corrected chi connectivity index (χ3v) is 4.15. The van der Waals surface area contributed by atoms with Gasteiger partial charge < -0.3 is 30.1 Å². The van der Waals surface area contributed by atoms with E-state index in [0.717, 1.165) is 0 Å². The van der Waals surface area contributed by atoms with Crippen LogP contribution in [0.3, 0.4) is 0 Å². The quantitative estimate of drug-likeness (QED) is 0.539. The summed E-state index contributed by atoms with van der Waals surface area (Å²) in [6.45, 7) is 9.33. The summed E-state index contributed by atoms with van der Waals surface area (Å²) in [6.07, 6.45) is -0.783.